The third-order valence-electron chi connectivity index (χ3n) is 3.96. The van der Waals surface area contributed by atoms with Gasteiger partial charge in [0, 0.05) is 23.8 Å². The number of rotatable bonds is 4. The molecule has 0 aromatic heterocycles. The van der Waals surface area contributed by atoms with Crippen LogP contribution in [0.4, 0.5) is 5.69 Å². The van der Waals surface area contributed by atoms with Crippen LogP contribution in [0.2, 0.25) is 0 Å². The minimum Gasteiger partial charge on any atom is -0.326 e. The molecular weight excluding hydrogens is 260 g/mol. The van der Waals surface area contributed by atoms with Gasteiger partial charge in [0.25, 0.3) is 5.91 Å². The van der Waals surface area contributed by atoms with Gasteiger partial charge < -0.3 is 10.6 Å². The molecule has 0 aliphatic heterocycles. The Kier molecular flexibility index (Phi) is 3.76. The number of nitrogens with zero attached hydrogens (tertiary/aromatic N) is 1. The highest BCUT2D eigenvalue weighted by Crippen LogP contribution is 2.33. The first-order valence-corrected chi connectivity index (χ1v) is 7.39. The number of benzene rings is 2. The van der Waals surface area contributed by atoms with E-state index in [1.54, 1.807) is 0 Å². The normalized spacial score (nSPS) is 14.0. The highest BCUT2D eigenvalue weighted by Gasteiger charge is 2.34. The molecule has 0 unspecified atom stereocenters. The molecule has 0 bridgehead atoms. The quantitative estimate of drug-likeness (QED) is 0.934. The van der Waals surface area contributed by atoms with Crippen LogP contribution < -0.4 is 10.6 Å². The van der Waals surface area contributed by atoms with Crippen molar-refractivity contribution in [3.8, 4) is 0 Å². The lowest BCUT2D eigenvalue weighted by Gasteiger charge is -2.23. The van der Waals surface area contributed by atoms with Crippen molar-refractivity contribution in [3.63, 3.8) is 0 Å². The standard InChI is InChI=1S/C18H20N2O/c1-13-4-2-3-5-17(13)18(21)20(16-10-11-16)15-8-6-14(12-19)7-9-15/h2-9,16H,10-12,19H2,1H3. The number of amides is 1. The zero-order valence-electron chi connectivity index (χ0n) is 12.3. The molecule has 0 heterocycles. The van der Waals surface area contributed by atoms with E-state index in [0.717, 1.165) is 35.2 Å². The van der Waals surface area contributed by atoms with Crippen molar-refractivity contribution < 1.29 is 4.79 Å². The summed E-state index contributed by atoms with van der Waals surface area (Å²) in [6.07, 6.45) is 2.16. The molecule has 2 N–H and O–H groups in total. The number of hydrogen-bond donors (Lipinski definition) is 1. The predicted octanol–water partition coefficient (Wildman–Crippen LogP) is 3.26. The van der Waals surface area contributed by atoms with Crippen molar-refractivity contribution in [3.05, 3.63) is 65.2 Å². The van der Waals surface area contributed by atoms with Crippen molar-refractivity contribution in [2.75, 3.05) is 4.90 Å². The maximum absolute atomic E-state index is 12.9. The Balaban J connectivity index is 1.94. The number of carbonyl (C=O) groups is 1. The molecular formula is C18H20N2O. The summed E-state index contributed by atoms with van der Waals surface area (Å²) in [6.45, 7) is 2.51. The molecule has 1 aliphatic carbocycles. The van der Waals surface area contributed by atoms with Gasteiger partial charge in [-0.2, -0.15) is 0 Å². The first-order chi connectivity index (χ1) is 10.2. The summed E-state index contributed by atoms with van der Waals surface area (Å²) in [6, 6.07) is 16.1. The minimum atomic E-state index is 0.0936. The van der Waals surface area contributed by atoms with Crippen molar-refractivity contribution in [2.24, 2.45) is 5.73 Å². The highest BCUT2D eigenvalue weighted by molar-refractivity contribution is 6.07. The average molecular weight is 280 g/mol. The second-order valence-corrected chi connectivity index (χ2v) is 5.59. The molecule has 1 saturated carbocycles. The van der Waals surface area contributed by atoms with Crippen molar-refractivity contribution >= 4 is 11.6 Å². The van der Waals surface area contributed by atoms with E-state index in [1.165, 1.54) is 0 Å². The smallest absolute Gasteiger partial charge is 0.258 e. The van der Waals surface area contributed by atoms with Gasteiger partial charge in [-0.25, -0.2) is 0 Å². The number of nitrogens with two attached hydrogens (primary N) is 1. The molecule has 21 heavy (non-hydrogen) atoms. The predicted molar refractivity (Wildman–Crippen MR) is 85.3 cm³/mol. The van der Waals surface area contributed by atoms with Crippen molar-refractivity contribution in [2.45, 2.75) is 32.4 Å². The SMILES string of the molecule is Cc1ccccc1C(=O)N(c1ccc(CN)cc1)C1CC1. The summed E-state index contributed by atoms with van der Waals surface area (Å²) >= 11 is 0. The van der Waals surface area contributed by atoms with Gasteiger partial charge in [0.1, 0.15) is 0 Å². The lowest BCUT2D eigenvalue weighted by Crippen LogP contribution is -2.33. The number of anilines is 1. The van der Waals surface area contributed by atoms with Gasteiger partial charge in [0.15, 0.2) is 0 Å². The molecule has 3 nitrogen and oxygen atoms in total. The molecule has 2 aromatic carbocycles. The lowest BCUT2D eigenvalue weighted by atomic mass is 10.1. The second kappa shape index (κ2) is 5.70. The summed E-state index contributed by atoms with van der Waals surface area (Å²) in [4.78, 5) is 14.8. The Hall–Kier alpha value is -2.13. The molecule has 0 saturated heterocycles. The zero-order chi connectivity index (χ0) is 14.8. The largest absolute Gasteiger partial charge is 0.326 e. The fourth-order valence-electron chi connectivity index (χ4n) is 2.56. The molecule has 0 radical (unpaired) electrons. The fraction of sp³-hybridized carbons (Fsp3) is 0.278. The van der Waals surface area contributed by atoms with Gasteiger partial charge in [-0.15, -0.1) is 0 Å². The Morgan fingerprint density at radius 1 is 1.14 bits per heavy atom. The van der Waals surface area contributed by atoms with Crippen LogP contribution in [0, 0.1) is 6.92 Å². The maximum Gasteiger partial charge on any atom is 0.258 e. The van der Waals surface area contributed by atoms with Crippen molar-refractivity contribution in [1.82, 2.24) is 0 Å². The van der Waals surface area contributed by atoms with Crippen molar-refractivity contribution in [1.29, 1.82) is 0 Å². The van der Waals surface area contributed by atoms with Crippen LogP contribution in [0.25, 0.3) is 0 Å². The van der Waals surface area contributed by atoms with E-state index < -0.39 is 0 Å². The van der Waals surface area contributed by atoms with Crippen LogP contribution in [0.1, 0.15) is 34.3 Å². The summed E-state index contributed by atoms with van der Waals surface area (Å²) in [5, 5.41) is 0. The summed E-state index contributed by atoms with van der Waals surface area (Å²) < 4.78 is 0. The van der Waals surface area contributed by atoms with Gasteiger partial charge in [0.05, 0.1) is 0 Å². The Bertz CT molecular complexity index is 645. The minimum absolute atomic E-state index is 0.0936. The number of carbonyl (C=O) groups excluding carboxylic acids is 1. The summed E-state index contributed by atoms with van der Waals surface area (Å²) in [5.41, 5.74) is 9.49. The number of hydrogen-bond acceptors (Lipinski definition) is 2. The molecule has 1 fully saturated rings. The van der Waals surface area contributed by atoms with Crippen LogP contribution in [0.3, 0.4) is 0 Å². The topological polar surface area (TPSA) is 46.3 Å². The first-order valence-electron chi connectivity index (χ1n) is 7.39. The van der Waals surface area contributed by atoms with Gasteiger partial charge in [-0.05, 0) is 49.1 Å². The Morgan fingerprint density at radius 3 is 2.38 bits per heavy atom. The molecule has 3 heteroatoms. The van der Waals surface area contributed by atoms with E-state index in [0.29, 0.717) is 12.6 Å². The van der Waals surface area contributed by atoms with E-state index >= 15 is 0 Å². The van der Waals surface area contributed by atoms with E-state index in [2.05, 4.69) is 0 Å². The number of aryl methyl sites for hydroxylation is 1. The van der Waals surface area contributed by atoms with Crippen LogP contribution in [0.15, 0.2) is 48.5 Å². The third kappa shape index (κ3) is 2.83. The third-order valence-corrected chi connectivity index (χ3v) is 3.96. The van der Waals surface area contributed by atoms with Crippen LogP contribution in [-0.4, -0.2) is 11.9 Å². The fourth-order valence-corrected chi connectivity index (χ4v) is 2.56. The molecule has 2 aromatic rings. The molecule has 108 valence electrons. The monoisotopic (exact) mass is 280 g/mol. The lowest BCUT2D eigenvalue weighted by molar-refractivity contribution is 0.0984. The van der Waals surface area contributed by atoms with Gasteiger partial charge in [0.2, 0.25) is 0 Å². The van der Waals surface area contributed by atoms with E-state index in [9.17, 15) is 4.79 Å². The Labute approximate surface area is 125 Å². The summed E-state index contributed by atoms with van der Waals surface area (Å²) in [7, 11) is 0. The summed E-state index contributed by atoms with van der Waals surface area (Å²) in [5.74, 6) is 0.0936. The molecule has 1 aliphatic rings. The Morgan fingerprint density at radius 2 is 1.81 bits per heavy atom. The molecule has 0 atom stereocenters. The molecule has 0 spiro atoms. The van der Waals surface area contributed by atoms with E-state index in [1.807, 2.05) is 60.4 Å². The van der Waals surface area contributed by atoms with E-state index in [4.69, 9.17) is 5.73 Å². The van der Waals surface area contributed by atoms with Crippen LogP contribution in [0.5, 0.6) is 0 Å². The van der Waals surface area contributed by atoms with Gasteiger partial charge in [-0.1, -0.05) is 30.3 Å². The zero-order valence-corrected chi connectivity index (χ0v) is 12.3. The van der Waals surface area contributed by atoms with E-state index in [-0.39, 0.29) is 5.91 Å². The van der Waals surface area contributed by atoms with Crippen LogP contribution >= 0.6 is 0 Å². The van der Waals surface area contributed by atoms with Crippen LogP contribution in [-0.2, 0) is 6.54 Å². The molecule has 1 amide bonds. The van der Waals surface area contributed by atoms with Gasteiger partial charge >= 0.3 is 0 Å². The second-order valence-electron chi connectivity index (χ2n) is 5.59. The first kappa shape index (κ1) is 13.8. The molecule has 3 rings (SSSR count). The average Bonchev–Trinajstić information content (AvgIpc) is 3.33. The highest BCUT2D eigenvalue weighted by atomic mass is 16.2. The maximum atomic E-state index is 12.9. The van der Waals surface area contributed by atoms with Gasteiger partial charge in [-0.3, -0.25) is 4.79 Å².